The van der Waals surface area contributed by atoms with Crippen LogP contribution in [-0.2, 0) is 11.3 Å². The van der Waals surface area contributed by atoms with Gasteiger partial charge in [-0.25, -0.2) is 0 Å². The topological polar surface area (TPSA) is 51.5 Å². The highest BCUT2D eigenvalue weighted by atomic mass is 16.5. The number of amides is 1. The molecule has 2 aliphatic heterocycles. The number of hydrogen-bond donors (Lipinski definition) is 0. The molecule has 0 saturated carbocycles. The van der Waals surface area contributed by atoms with E-state index in [0.717, 1.165) is 23.4 Å². The Balaban J connectivity index is 1.45. The lowest BCUT2D eigenvalue weighted by atomic mass is 9.83. The Kier molecular flexibility index (Phi) is 4.07. The van der Waals surface area contributed by atoms with Gasteiger partial charge < -0.3 is 14.2 Å². The second-order valence-corrected chi connectivity index (χ2v) is 7.10. The molecule has 2 aliphatic rings. The quantitative estimate of drug-likeness (QED) is 0.862. The van der Waals surface area contributed by atoms with Gasteiger partial charge in [0.1, 0.15) is 5.75 Å². The number of nitrogens with zero attached hydrogens (tertiary/aromatic N) is 2. The van der Waals surface area contributed by atoms with Gasteiger partial charge in [-0.05, 0) is 43.0 Å². The molecule has 3 heterocycles. The summed E-state index contributed by atoms with van der Waals surface area (Å²) in [5.74, 6) is 1.32. The van der Waals surface area contributed by atoms with Crippen LogP contribution in [0.1, 0.15) is 23.6 Å². The summed E-state index contributed by atoms with van der Waals surface area (Å²) in [5.41, 5.74) is 2.23. The summed E-state index contributed by atoms with van der Waals surface area (Å²) in [7, 11) is 0. The van der Waals surface area contributed by atoms with E-state index in [-0.39, 0.29) is 24.0 Å². The maximum absolute atomic E-state index is 12.6. The predicted molar refractivity (Wildman–Crippen MR) is 94.8 cm³/mol. The van der Waals surface area contributed by atoms with Crippen molar-refractivity contribution in [3.63, 3.8) is 0 Å². The molecule has 2 atom stereocenters. The summed E-state index contributed by atoms with van der Waals surface area (Å²) in [4.78, 5) is 26.6. The summed E-state index contributed by atoms with van der Waals surface area (Å²) < 4.78 is 7.55. The third-order valence-electron chi connectivity index (χ3n) is 5.18. The summed E-state index contributed by atoms with van der Waals surface area (Å²) in [6.45, 7) is 4.13. The van der Waals surface area contributed by atoms with Crippen LogP contribution in [0, 0.1) is 12.8 Å². The second-order valence-electron chi connectivity index (χ2n) is 7.10. The van der Waals surface area contributed by atoms with Crippen molar-refractivity contribution in [3.05, 3.63) is 64.1 Å². The van der Waals surface area contributed by atoms with Crippen LogP contribution >= 0.6 is 0 Å². The first-order valence-electron chi connectivity index (χ1n) is 8.77. The summed E-state index contributed by atoms with van der Waals surface area (Å²) in [6, 6.07) is 13.2. The van der Waals surface area contributed by atoms with Crippen LogP contribution < -0.4 is 10.3 Å². The highest BCUT2D eigenvalue weighted by Crippen LogP contribution is 2.34. The van der Waals surface area contributed by atoms with Gasteiger partial charge in [-0.15, -0.1) is 0 Å². The Bertz CT molecular complexity index is 858. The van der Waals surface area contributed by atoms with Crippen molar-refractivity contribution in [2.24, 2.45) is 5.92 Å². The number of likely N-dealkylation sites (tertiary alicyclic amines) is 1. The standard InChI is InChI=1S/C20H22N2O3/c1-14-4-2-5-17(8-14)25-13-20(24)21-10-15-9-16(12-21)18-6-3-7-19(23)22(18)11-15/h2-8,15-16H,9-13H2,1H3. The molecule has 0 N–H and O–H groups in total. The largest absolute Gasteiger partial charge is 0.484 e. The van der Waals surface area contributed by atoms with Crippen LogP contribution in [0.4, 0.5) is 0 Å². The Morgan fingerprint density at radius 1 is 1.16 bits per heavy atom. The van der Waals surface area contributed by atoms with Gasteiger partial charge in [0.05, 0.1) is 0 Å². The number of carbonyl (C=O) groups is 1. The molecule has 130 valence electrons. The first-order chi connectivity index (χ1) is 12.1. The summed E-state index contributed by atoms with van der Waals surface area (Å²) >= 11 is 0. The molecule has 1 aromatic heterocycles. The van der Waals surface area contributed by atoms with E-state index in [9.17, 15) is 9.59 Å². The van der Waals surface area contributed by atoms with E-state index in [0.29, 0.717) is 25.6 Å². The monoisotopic (exact) mass is 338 g/mol. The minimum atomic E-state index is 0.0166. The zero-order valence-corrected chi connectivity index (χ0v) is 14.4. The van der Waals surface area contributed by atoms with E-state index in [1.54, 1.807) is 6.07 Å². The number of aromatic nitrogens is 1. The van der Waals surface area contributed by atoms with Crippen LogP contribution in [0.25, 0.3) is 0 Å². The maximum atomic E-state index is 12.6. The molecule has 0 spiro atoms. The fraction of sp³-hybridized carbons (Fsp3) is 0.400. The predicted octanol–water partition coefficient (Wildman–Crippen LogP) is 2.18. The summed E-state index contributed by atoms with van der Waals surface area (Å²) in [6.07, 6.45) is 1.05. The molecular weight excluding hydrogens is 316 g/mol. The first-order valence-corrected chi connectivity index (χ1v) is 8.77. The molecule has 2 aromatic rings. The average molecular weight is 338 g/mol. The number of hydrogen-bond acceptors (Lipinski definition) is 3. The molecular formula is C20H22N2O3. The van der Waals surface area contributed by atoms with Crippen molar-refractivity contribution in [1.29, 1.82) is 0 Å². The number of aryl methyl sites for hydroxylation is 1. The van der Waals surface area contributed by atoms with Crippen LogP contribution in [0.15, 0.2) is 47.3 Å². The van der Waals surface area contributed by atoms with Crippen LogP contribution in [0.5, 0.6) is 5.75 Å². The Morgan fingerprint density at radius 3 is 2.84 bits per heavy atom. The minimum Gasteiger partial charge on any atom is -0.484 e. The molecule has 1 amide bonds. The van der Waals surface area contributed by atoms with E-state index in [4.69, 9.17) is 4.74 Å². The van der Waals surface area contributed by atoms with Crippen LogP contribution in [0.3, 0.4) is 0 Å². The van der Waals surface area contributed by atoms with E-state index in [2.05, 4.69) is 0 Å². The van der Waals surface area contributed by atoms with Gasteiger partial charge in [0.2, 0.25) is 0 Å². The Labute approximate surface area is 146 Å². The van der Waals surface area contributed by atoms with Crippen molar-refractivity contribution in [2.45, 2.75) is 25.8 Å². The zero-order chi connectivity index (χ0) is 17.4. The van der Waals surface area contributed by atoms with Crippen molar-refractivity contribution in [2.75, 3.05) is 19.7 Å². The van der Waals surface area contributed by atoms with Crippen molar-refractivity contribution >= 4 is 5.91 Å². The number of fused-ring (bicyclic) bond motifs is 4. The zero-order valence-electron chi connectivity index (χ0n) is 14.4. The number of benzene rings is 1. The van der Waals surface area contributed by atoms with E-state index >= 15 is 0 Å². The SMILES string of the molecule is Cc1cccc(OCC(=O)N2CC3CC(C2)c2cccc(=O)n2C3)c1. The van der Waals surface area contributed by atoms with E-state index in [1.807, 2.05) is 52.8 Å². The Morgan fingerprint density at radius 2 is 2.00 bits per heavy atom. The lowest BCUT2D eigenvalue weighted by Gasteiger charge is -2.42. The molecule has 2 unspecified atom stereocenters. The third-order valence-corrected chi connectivity index (χ3v) is 5.18. The van der Waals surface area contributed by atoms with E-state index < -0.39 is 0 Å². The number of ether oxygens (including phenoxy) is 1. The van der Waals surface area contributed by atoms with Crippen LogP contribution in [0.2, 0.25) is 0 Å². The van der Waals surface area contributed by atoms with Crippen LogP contribution in [-0.4, -0.2) is 35.1 Å². The first kappa shape index (κ1) is 15.9. The number of carbonyl (C=O) groups excluding carboxylic acids is 1. The second kappa shape index (κ2) is 6.39. The van der Waals surface area contributed by atoms with Gasteiger partial charge in [0.15, 0.2) is 6.61 Å². The van der Waals surface area contributed by atoms with Crippen molar-refractivity contribution in [3.8, 4) is 5.75 Å². The van der Waals surface area contributed by atoms with Gasteiger partial charge in [0.25, 0.3) is 11.5 Å². The fourth-order valence-corrected chi connectivity index (χ4v) is 4.04. The average Bonchev–Trinajstić information content (AvgIpc) is 2.60. The number of piperidine rings is 1. The van der Waals surface area contributed by atoms with Gasteiger partial charge in [-0.2, -0.15) is 0 Å². The number of rotatable bonds is 3. The normalized spacial score (nSPS) is 21.6. The van der Waals surface area contributed by atoms with Gasteiger partial charge in [0, 0.05) is 37.3 Å². The highest BCUT2D eigenvalue weighted by Gasteiger charge is 2.36. The molecule has 4 rings (SSSR count). The Hall–Kier alpha value is -2.56. The van der Waals surface area contributed by atoms with Crippen molar-refractivity contribution < 1.29 is 9.53 Å². The highest BCUT2D eigenvalue weighted by molar-refractivity contribution is 5.78. The molecule has 1 fully saturated rings. The molecule has 5 heteroatoms. The smallest absolute Gasteiger partial charge is 0.260 e. The number of pyridine rings is 1. The molecule has 2 bridgehead atoms. The molecule has 1 aromatic carbocycles. The van der Waals surface area contributed by atoms with Crippen molar-refractivity contribution in [1.82, 2.24) is 9.47 Å². The minimum absolute atomic E-state index is 0.0166. The molecule has 0 aliphatic carbocycles. The molecule has 25 heavy (non-hydrogen) atoms. The lowest BCUT2D eigenvalue weighted by molar-refractivity contribution is -0.136. The molecule has 0 radical (unpaired) electrons. The van der Waals surface area contributed by atoms with Gasteiger partial charge in [-0.3, -0.25) is 9.59 Å². The molecule has 5 nitrogen and oxygen atoms in total. The third kappa shape index (κ3) is 3.18. The van der Waals surface area contributed by atoms with Gasteiger partial charge in [-0.1, -0.05) is 18.2 Å². The maximum Gasteiger partial charge on any atom is 0.260 e. The molecule has 1 saturated heterocycles. The fourth-order valence-electron chi connectivity index (χ4n) is 4.04. The lowest BCUT2D eigenvalue weighted by Crippen LogP contribution is -2.50. The van der Waals surface area contributed by atoms with E-state index in [1.165, 1.54) is 0 Å². The van der Waals surface area contributed by atoms with Gasteiger partial charge >= 0.3 is 0 Å². The summed E-state index contributed by atoms with van der Waals surface area (Å²) in [5, 5.41) is 0.